The van der Waals surface area contributed by atoms with Gasteiger partial charge in [0.05, 0.1) is 5.56 Å². The summed E-state index contributed by atoms with van der Waals surface area (Å²) in [5, 5.41) is 0.147. The number of carbonyl (C=O) groups is 1. The molecular formula is C14H9ClF3NO. The molecule has 0 aliphatic carbocycles. The molecule has 0 bridgehead atoms. The summed E-state index contributed by atoms with van der Waals surface area (Å²) in [7, 11) is 0. The van der Waals surface area contributed by atoms with Gasteiger partial charge in [-0.3, -0.25) is 4.79 Å². The molecule has 2 nitrogen and oxygen atoms in total. The maximum atomic E-state index is 13.0. The van der Waals surface area contributed by atoms with Crippen molar-refractivity contribution in [2.75, 3.05) is 0 Å². The van der Waals surface area contributed by atoms with Crippen LogP contribution in [0.5, 0.6) is 0 Å². The fourth-order valence-corrected chi connectivity index (χ4v) is 2.10. The first-order valence-electron chi connectivity index (χ1n) is 5.56. The van der Waals surface area contributed by atoms with E-state index in [4.69, 9.17) is 17.3 Å². The molecule has 0 fully saturated rings. The Morgan fingerprint density at radius 2 is 1.75 bits per heavy atom. The van der Waals surface area contributed by atoms with E-state index in [1.807, 2.05) is 0 Å². The van der Waals surface area contributed by atoms with E-state index in [9.17, 15) is 18.0 Å². The predicted octanol–water partition coefficient (Wildman–Crippen LogP) is 4.12. The van der Waals surface area contributed by atoms with Crippen LogP contribution in [-0.2, 0) is 6.18 Å². The number of hydrogen-bond acceptors (Lipinski definition) is 1. The Bertz CT molecular complexity index is 668. The fraction of sp³-hybridized carbons (Fsp3) is 0.0714. The van der Waals surface area contributed by atoms with E-state index < -0.39 is 17.6 Å². The highest BCUT2D eigenvalue weighted by atomic mass is 35.5. The summed E-state index contributed by atoms with van der Waals surface area (Å²) < 4.78 is 38.9. The maximum Gasteiger partial charge on any atom is 0.417 e. The number of halogens is 4. The third-order valence-corrected chi connectivity index (χ3v) is 2.94. The molecule has 0 atom stereocenters. The monoisotopic (exact) mass is 299 g/mol. The van der Waals surface area contributed by atoms with Crippen LogP contribution in [0.1, 0.15) is 15.9 Å². The largest absolute Gasteiger partial charge is 0.417 e. The smallest absolute Gasteiger partial charge is 0.366 e. The molecule has 0 saturated carbocycles. The van der Waals surface area contributed by atoms with Gasteiger partial charge in [-0.15, -0.1) is 0 Å². The van der Waals surface area contributed by atoms with Gasteiger partial charge >= 0.3 is 6.18 Å². The third kappa shape index (κ3) is 2.93. The van der Waals surface area contributed by atoms with Gasteiger partial charge in [-0.1, -0.05) is 29.8 Å². The van der Waals surface area contributed by atoms with Gasteiger partial charge in [0.2, 0.25) is 5.91 Å². The Labute approximate surface area is 118 Å². The minimum Gasteiger partial charge on any atom is -0.366 e. The third-order valence-electron chi connectivity index (χ3n) is 2.73. The van der Waals surface area contributed by atoms with Crippen LogP contribution in [0.2, 0.25) is 5.02 Å². The summed E-state index contributed by atoms with van der Waals surface area (Å²) in [5.74, 6) is -0.752. The summed E-state index contributed by atoms with van der Waals surface area (Å²) >= 11 is 5.82. The molecular weight excluding hydrogens is 291 g/mol. The summed E-state index contributed by atoms with van der Waals surface area (Å²) in [5.41, 5.74) is 4.54. The summed E-state index contributed by atoms with van der Waals surface area (Å²) in [6, 6.07) is 9.03. The minimum absolute atomic E-state index is 0.0509. The van der Waals surface area contributed by atoms with Crippen LogP contribution in [0.3, 0.4) is 0 Å². The Kier molecular flexibility index (Phi) is 3.72. The van der Waals surface area contributed by atoms with Crippen molar-refractivity contribution in [2.45, 2.75) is 6.18 Å². The molecule has 2 aromatic rings. The van der Waals surface area contributed by atoms with Crippen molar-refractivity contribution in [3.63, 3.8) is 0 Å². The van der Waals surface area contributed by atoms with Crippen molar-refractivity contribution in [2.24, 2.45) is 5.73 Å². The normalized spacial score (nSPS) is 11.4. The van der Waals surface area contributed by atoms with Gasteiger partial charge in [-0.05, 0) is 35.4 Å². The van der Waals surface area contributed by atoms with E-state index in [0.29, 0.717) is 0 Å². The molecule has 6 heteroatoms. The number of nitrogens with two attached hydrogens (primary N) is 1. The molecule has 0 spiro atoms. The number of carbonyl (C=O) groups excluding carboxylic acids is 1. The van der Waals surface area contributed by atoms with Crippen molar-refractivity contribution in [3.05, 3.63) is 58.6 Å². The Balaban J connectivity index is 2.66. The molecule has 0 aromatic heterocycles. The van der Waals surface area contributed by atoms with E-state index in [1.54, 1.807) is 0 Å². The number of hydrogen-bond donors (Lipinski definition) is 1. The lowest BCUT2D eigenvalue weighted by molar-refractivity contribution is -0.137. The number of amides is 1. The van der Waals surface area contributed by atoms with Crippen LogP contribution in [0.4, 0.5) is 13.2 Å². The van der Waals surface area contributed by atoms with Gasteiger partial charge in [0.25, 0.3) is 0 Å². The van der Waals surface area contributed by atoms with Gasteiger partial charge in [-0.25, -0.2) is 0 Å². The SMILES string of the molecule is NC(=O)c1cc(Cl)cc(-c2ccccc2C(F)(F)F)c1. The van der Waals surface area contributed by atoms with Crippen LogP contribution in [0, 0.1) is 0 Å². The zero-order chi connectivity index (χ0) is 14.9. The lowest BCUT2D eigenvalue weighted by Gasteiger charge is -2.13. The molecule has 0 heterocycles. The van der Waals surface area contributed by atoms with Crippen molar-refractivity contribution in [3.8, 4) is 11.1 Å². The molecule has 0 saturated heterocycles. The summed E-state index contributed by atoms with van der Waals surface area (Å²) in [4.78, 5) is 11.2. The van der Waals surface area contributed by atoms with Crippen LogP contribution in [0.15, 0.2) is 42.5 Å². The predicted molar refractivity (Wildman–Crippen MR) is 70.4 cm³/mol. The second kappa shape index (κ2) is 5.17. The zero-order valence-corrected chi connectivity index (χ0v) is 10.8. The quantitative estimate of drug-likeness (QED) is 0.890. The Morgan fingerprint density at radius 1 is 1.10 bits per heavy atom. The minimum atomic E-state index is -4.49. The highest BCUT2D eigenvalue weighted by Gasteiger charge is 2.33. The molecule has 0 aliphatic rings. The highest BCUT2D eigenvalue weighted by molar-refractivity contribution is 6.31. The van der Waals surface area contributed by atoms with E-state index in [-0.39, 0.29) is 21.7 Å². The number of rotatable bonds is 2. The number of benzene rings is 2. The zero-order valence-electron chi connectivity index (χ0n) is 10.0. The topological polar surface area (TPSA) is 43.1 Å². The Hall–Kier alpha value is -2.01. The molecule has 2 aromatic carbocycles. The average Bonchev–Trinajstić information content (AvgIpc) is 2.37. The van der Waals surface area contributed by atoms with E-state index in [2.05, 4.69) is 0 Å². The van der Waals surface area contributed by atoms with Gasteiger partial charge in [0.1, 0.15) is 0 Å². The molecule has 2 N–H and O–H groups in total. The van der Waals surface area contributed by atoms with Gasteiger partial charge in [0.15, 0.2) is 0 Å². The van der Waals surface area contributed by atoms with E-state index in [1.165, 1.54) is 36.4 Å². The summed E-state index contributed by atoms with van der Waals surface area (Å²) in [6.45, 7) is 0. The van der Waals surface area contributed by atoms with E-state index in [0.717, 1.165) is 6.07 Å². The van der Waals surface area contributed by atoms with Crippen molar-refractivity contribution in [1.82, 2.24) is 0 Å². The molecule has 104 valence electrons. The first-order valence-corrected chi connectivity index (χ1v) is 5.94. The summed E-state index contributed by atoms with van der Waals surface area (Å²) in [6.07, 6.45) is -4.49. The molecule has 1 amide bonds. The average molecular weight is 300 g/mol. The van der Waals surface area contributed by atoms with E-state index >= 15 is 0 Å². The first-order chi connectivity index (χ1) is 9.29. The lowest BCUT2D eigenvalue weighted by Crippen LogP contribution is -2.11. The van der Waals surface area contributed by atoms with Crippen LogP contribution in [0.25, 0.3) is 11.1 Å². The molecule has 20 heavy (non-hydrogen) atoms. The van der Waals surface area contributed by atoms with Crippen molar-refractivity contribution >= 4 is 17.5 Å². The molecule has 0 aliphatic heterocycles. The second-order valence-corrected chi connectivity index (χ2v) is 4.57. The number of alkyl halides is 3. The van der Waals surface area contributed by atoms with Gasteiger partial charge in [-0.2, -0.15) is 13.2 Å². The van der Waals surface area contributed by atoms with Crippen molar-refractivity contribution < 1.29 is 18.0 Å². The lowest BCUT2D eigenvalue weighted by atomic mass is 9.97. The van der Waals surface area contributed by atoms with Crippen LogP contribution in [-0.4, -0.2) is 5.91 Å². The Morgan fingerprint density at radius 3 is 2.35 bits per heavy atom. The molecule has 0 unspecified atom stereocenters. The first kappa shape index (κ1) is 14.4. The number of primary amides is 1. The molecule has 2 rings (SSSR count). The van der Waals surface area contributed by atoms with Crippen LogP contribution >= 0.6 is 11.6 Å². The van der Waals surface area contributed by atoms with Gasteiger partial charge in [0, 0.05) is 10.6 Å². The molecule has 0 radical (unpaired) electrons. The second-order valence-electron chi connectivity index (χ2n) is 4.14. The van der Waals surface area contributed by atoms with Crippen molar-refractivity contribution in [1.29, 1.82) is 0 Å². The van der Waals surface area contributed by atoms with Crippen LogP contribution < -0.4 is 5.73 Å². The fourth-order valence-electron chi connectivity index (χ4n) is 1.87. The highest BCUT2D eigenvalue weighted by Crippen LogP contribution is 2.37. The standard InChI is InChI=1S/C14H9ClF3NO/c15-10-6-8(5-9(7-10)13(19)20)11-3-1-2-4-12(11)14(16,17)18/h1-7H,(H2,19,20). The maximum absolute atomic E-state index is 13.0. The van der Waals surface area contributed by atoms with Gasteiger partial charge < -0.3 is 5.73 Å².